The highest BCUT2D eigenvalue weighted by molar-refractivity contribution is 7.90. The molecular weight excluding hydrogens is 525 g/mol. The minimum absolute atomic E-state index is 0.154. The van der Waals surface area contributed by atoms with Gasteiger partial charge >= 0.3 is 0 Å². The number of benzene rings is 6. The lowest BCUT2D eigenvalue weighted by Crippen LogP contribution is -2.26. The lowest BCUT2D eigenvalue weighted by atomic mass is 9.99. The normalized spacial score (nSPS) is 13.7. The van der Waals surface area contributed by atoms with Crippen LogP contribution in [0.5, 0.6) is 0 Å². The second-order valence-electron chi connectivity index (χ2n) is 10.3. The van der Waals surface area contributed by atoms with E-state index in [1.807, 2.05) is 10.9 Å². The summed E-state index contributed by atoms with van der Waals surface area (Å²) >= 11 is 0. The lowest BCUT2D eigenvalue weighted by molar-refractivity contribution is 0.606. The molecule has 6 aromatic carbocycles. The molecule has 0 amide bonds. The molecule has 196 valence electrons. The Morgan fingerprint density at radius 2 is 1.05 bits per heavy atom. The second-order valence-corrected chi connectivity index (χ2v) is 13.5. The van der Waals surface area contributed by atoms with Crippen molar-refractivity contribution in [1.82, 2.24) is 0 Å². The standard InChI is InChI=1S/C36H30NOPS/c1-25(27-13-5-3-6-14-27)37(26(2)28-15-7-4-8-16-28)39-38-33-23-21-29-17-9-11-19-31(29)35(33)36-32-20-12-10-18-30(32)22-24-34(36)40-39/h3-26H,1-2H3/t25-,26-,39?/m1/s1. The molecule has 0 saturated carbocycles. The largest absolute Gasteiger partial charge is 0.426 e. The van der Waals surface area contributed by atoms with E-state index >= 15 is 0 Å². The molecule has 0 bridgehead atoms. The Balaban J connectivity index is 1.60. The van der Waals surface area contributed by atoms with Gasteiger partial charge in [-0.25, -0.2) is 4.67 Å². The maximum absolute atomic E-state index is 7.20. The van der Waals surface area contributed by atoms with Crippen molar-refractivity contribution in [2.75, 3.05) is 4.67 Å². The van der Waals surface area contributed by atoms with Gasteiger partial charge in [0.1, 0.15) is 5.58 Å². The third-order valence-electron chi connectivity index (χ3n) is 7.93. The van der Waals surface area contributed by atoms with Crippen molar-refractivity contribution in [2.45, 2.75) is 25.9 Å². The van der Waals surface area contributed by atoms with Crippen molar-refractivity contribution in [3.63, 3.8) is 0 Å². The quantitative estimate of drug-likeness (QED) is 0.210. The first-order chi connectivity index (χ1) is 19.7. The van der Waals surface area contributed by atoms with E-state index < -0.39 is 7.10 Å². The van der Waals surface area contributed by atoms with Gasteiger partial charge < -0.3 is 4.20 Å². The third-order valence-corrected chi connectivity index (χ3v) is 11.9. The molecule has 1 heterocycles. The monoisotopic (exact) mass is 555 g/mol. The maximum Gasteiger partial charge on any atom is 0.181 e. The minimum atomic E-state index is -1.12. The molecule has 7 rings (SSSR count). The Labute approximate surface area is 239 Å². The van der Waals surface area contributed by atoms with Crippen LogP contribution in [-0.4, -0.2) is 0 Å². The fourth-order valence-corrected chi connectivity index (χ4v) is 10.3. The number of hydrogen-bond acceptors (Lipinski definition) is 3. The fraction of sp³-hybridized carbons (Fsp3) is 0.111. The molecule has 0 aliphatic rings. The summed E-state index contributed by atoms with van der Waals surface area (Å²) in [5, 5.41) is 7.45. The van der Waals surface area contributed by atoms with Crippen molar-refractivity contribution in [3.05, 3.63) is 145 Å². The van der Waals surface area contributed by atoms with Crippen LogP contribution in [0, 0.1) is 0 Å². The topological polar surface area (TPSA) is 16.4 Å². The van der Waals surface area contributed by atoms with Gasteiger partial charge in [0.25, 0.3) is 0 Å². The van der Waals surface area contributed by atoms with Crippen LogP contribution in [-0.2, 0) is 0 Å². The zero-order chi connectivity index (χ0) is 27.1. The van der Waals surface area contributed by atoms with Crippen LogP contribution in [0.25, 0.3) is 42.6 Å². The van der Waals surface area contributed by atoms with Crippen LogP contribution in [0.4, 0.5) is 0 Å². The van der Waals surface area contributed by atoms with Gasteiger partial charge in [0.05, 0.1) is 0 Å². The van der Waals surface area contributed by atoms with Crippen LogP contribution in [0.15, 0.2) is 138 Å². The van der Waals surface area contributed by atoms with E-state index in [9.17, 15) is 0 Å². The molecule has 2 nitrogen and oxygen atoms in total. The van der Waals surface area contributed by atoms with E-state index in [0.717, 1.165) is 5.58 Å². The first-order valence-corrected chi connectivity index (χ1v) is 16.4. The van der Waals surface area contributed by atoms with E-state index in [-0.39, 0.29) is 12.1 Å². The van der Waals surface area contributed by atoms with E-state index in [1.54, 1.807) is 0 Å². The van der Waals surface area contributed by atoms with E-state index in [0.29, 0.717) is 0 Å². The SMILES string of the molecule is C[C@H](c1ccccc1)N([C@H](C)c1ccccc1)p1oc2ccc3ccccc3c2c2c(ccc3ccccc32)s1. The Kier molecular flexibility index (Phi) is 6.65. The molecule has 0 N–H and O–H groups in total. The molecule has 40 heavy (non-hydrogen) atoms. The molecule has 0 aliphatic heterocycles. The molecule has 7 aromatic rings. The van der Waals surface area contributed by atoms with Crippen LogP contribution >= 0.6 is 18.0 Å². The van der Waals surface area contributed by atoms with Gasteiger partial charge in [-0.05, 0) is 58.7 Å². The van der Waals surface area contributed by atoms with Gasteiger partial charge in [0.2, 0.25) is 0 Å². The highest BCUT2D eigenvalue weighted by atomic mass is 32.5. The molecule has 0 spiro atoms. The fourth-order valence-electron chi connectivity index (χ4n) is 5.84. The number of fused-ring (bicyclic) bond motifs is 7. The molecular formula is C36H30NOPS. The Morgan fingerprint density at radius 3 is 1.65 bits per heavy atom. The van der Waals surface area contributed by atoms with Gasteiger partial charge in [-0.1, -0.05) is 132 Å². The highest BCUT2D eigenvalue weighted by Gasteiger charge is 2.27. The van der Waals surface area contributed by atoms with Crippen molar-refractivity contribution in [2.24, 2.45) is 0 Å². The molecule has 0 aliphatic carbocycles. The summed E-state index contributed by atoms with van der Waals surface area (Å²) in [5.74, 6) is 0. The van der Waals surface area contributed by atoms with Crippen molar-refractivity contribution >= 4 is 60.6 Å². The van der Waals surface area contributed by atoms with Gasteiger partial charge in [0.15, 0.2) is 7.10 Å². The predicted octanol–water partition coefficient (Wildman–Crippen LogP) is 11.5. The summed E-state index contributed by atoms with van der Waals surface area (Å²) in [4.78, 5) is 0. The lowest BCUT2D eigenvalue weighted by Gasteiger charge is -2.33. The van der Waals surface area contributed by atoms with Gasteiger partial charge in [0, 0.05) is 27.6 Å². The summed E-state index contributed by atoms with van der Waals surface area (Å²) in [5.41, 5.74) is 3.54. The maximum atomic E-state index is 7.20. The average molecular weight is 556 g/mol. The summed E-state index contributed by atoms with van der Waals surface area (Å²) in [6.07, 6.45) is 0. The third kappa shape index (κ3) is 4.41. The Bertz CT molecular complexity index is 1860. The van der Waals surface area contributed by atoms with Crippen LogP contribution < -0.4 is 4.67 Å². The van der Waals surface area contributed by atoms with Crippen molar-refractivity contribution in [1.29, 1.82) is 0 Å². The van der Waals surface area contributed by atoms with Gasteiger partial charge in [-0.3, -0.25) is 0 Å². The van der Waals surface area contributed by atoms with Crippen molar-refractivity contribution < 1.29 is 4.20 Å². The Morgan fingerprint density at radius 1 is 0.550 bits per heavy atom. The number of hydrogen-bond donors (Lipinski definition) is 0. The zero-order valence-corrected chi connectivity index (χ0v) is 24.3. The van der Waals surface area contributed by atoms with E-state index in [2.05, 4.69) is 152 Å². The molecule has 1 unspecified atom stereocenters. The average Bonchev–Trinajstić information content (AvgIpc) is 3.19. The van der Waals surface area contributed by atoms with Crippen molar-refractivity contribution in [3.8, 4) is 0 Å². The summed E-state index contributed by atoms with van der Waals surface area (Å²) in [6.45, 7) is 4.63. The smallest absolute Gasteiger partial charge is 0.181 e. The van der Waals surface area contributed by atoms with Gasteiger partial charge in [-0.2, -0.15) is 0 Å². The highest BCUT2D eigenvalue weighted by Crippen LogP contribution is 2.51. The first-order valence-electron chi connectivity index (χ1n) is 13.8. The summed E-state index contributed by atoms with van der Waals surface area (Å²) in [6, 6.07) is 48.3. The predicted molar refractivity (Wildman–Crippen MR) is 175 cm³/mol. The number of rotatable bonds is 5. The van der Waals surface area contributed by atoms with Gasteiger partial charge in [-0.15, -0.1) is 0 Å². The minimum Gasteiger partial charge on any atom is -0.426 e. The molecule has 3 atom stereocenters. The summed E-state index contributed by atoms with van der Waals surface area (Å²) in [7, 11) is 0.759. The second kappa shape index (κ2) is 10.6. The number of nitrogens with zero attached hydrogens (tertiary/aromatic N) is 1. The Hall–Kier alpha value is -3.88. The van der Waals surface area contributed by atoms with Crippen LogP contribution in [0.2, 0.25) is 0 Å². The summed E-state index contributed by atoms with van der Waals surface area (Å²) < 4.78 is 11.1. The molecule has 1 aromatic heterocycles. The molecule has 4 heteroatoms. The van der Waals surface area contributed by atoms with E-state index in [4.69, 9.17) is 4.20 Å². The van der Waals surface area contributed by atoms with Crippen LogP contribution in [0.1, 0.15) is 37.1 Å². The molecule has 0 radical (unpaired) electrons. The zero-order valence-electron chi connectivity index (χ0n) is 22.6. The van der Waals surface area contributed by atoms with E-state index in [1.165, 1.54) is 48.1 Å². The molecule has 0 fully saturated rings. The molecule has 0 saturated heterocycles. The van der Waals surface area contributed by atoms with Crippen LogP contribution in [0.3, 0.4) is 0 Å². The first kappa shape index (κ1) is 25.1.